The van der Waals surface area contributed by atoms with Crippen molar-refractivity contribution in [2.45, 2.75) is 63.2 Å². The second-order valence-corrected chi connectivity index (χ2v) is 9.06. The molecule has 1 amide bonds. The summed E-state index contributed by atoms with van der Waals surface area (Å²) in [4.78, 5) is 24.7. The monoisotopic (exact) mass is 449 g/mol. The van der Waals surface area contributed by atoms with Crippen molar-refractivity contribution in [1.29, 1.82) is 5.41 Å². The maximum atomic E-state index is 12.4. The van der Waals surface area contributed by atoms with Gasteiger partial charge in [0.1, 0.15) is 11.9 Å². The van der Waals surface area contributed by atoms with Crippen molar-refractivity contribution in [3.05, 3.63) is 59.7 Å². The van der Waals surface area contributed by atoms with E-state index in [9.17, 15) is 14.7 Å². The Kier molecular flexibility index (Phi) is 7.08. The van der Waals surface area contributed by atoms with Crippen molar-refractivity contribution in [2.75, 3.05) is 0 Å². The summed E-state index contributed by atoms with van der Waals surface area (Å²) in [6, 6.07) is 14.5. The first-order valence-corrected chi connectivity index (χ1v) is 11.6. The summed E-state index contributed by atoms with van der Waals surface area (Å²) in [6.07, 6.45) is 4.73. The Morgan fingerprint density at radius 1 is 1.06 bits per heavy atom. The first-order chi connectivity index (χ1) is 15.9. The van der Waals surface area contributed by atoms with Gasteiger partial charge in [0.15, 0.2) is 0 Å². The van der Waals surface area contributed by atoms with Crippen LogP contribution in [0.5, 0.6) is 0 Å². The van der Waals surface area contributed by atoms with Gasteiger partial charge in [-0.1, -0.05) is 55.0 Å². The quantitative estimate of drug-likeness (QED) is 0.293. The molecule has 2 aromatic carbocycles. The highest BCUT2D eigenvalue weighted by molar-refractivity contribution is 5.95. The minimum Gasteiger partial charge on any atom is -0.462 e. The van der Waals surface area contributed by atoms with E-state index >= 15 is 0 Å². The zero-order chi connectivity index (χ0) is 23.4. The maximum Gasteiger partial charge on any atom is 0.306 e. The first-order valence-electron chi connectivity index (χ1n) is 11.6. The van der Waals surface area contributed by atoms with Gasteiger partial charge in [-0.2, -0.15) is 0 Å². The van der Waals surface area contributed by atoms with Gasteiger partial charge in [-0.3, -0.25) is 15.0 Å². The molecule has 174 valence electrons. The molecule has 0 radical (unpaired) electrons. The average Bonchev–Trinajstić information content (AvgIpc) is 3.19. The molecule has 3 atom stereocenters. The van der Waals surface area contributed by atoms with E-state index in [1.165, 1.54) is 6.42 Å². The summed E-state index contributed by atoms with van der Waals surface area (Å²) in [5.41, 5.74) is 8.82. The highest BCUT2D eigenvalue weighted by atomic mass is 16.5. The second kappa shape index (κ2) is 10.2. The fraction of sp³-hybridized carbons (Fsp3) is 0.423. The number of hydrogen-bond acceptors (Lipinski definition) is 5. The van der Waals surface area contributed by atoms with Gasteiger partial charge in [0.05, 0.1) is 24.5 Å². The summed E-state index contributed by atoms with van der Waals surface area (Å²) < 4.78 is 5.56. The van der Waals surface area contributed by atoms with Crippen LogP contribution < -0.4 is 11.1 Å². The number of carbonyl (C=O) groups excluding carboxylic acids is 2. The van der Waals surface area contributed by atoms with Crippen LogP contribution in [0.25, 0.3) is 11.1 Å². The number of aliphatic hydroxyl groups is 1. The maximum absolute atomic E-state index is 12.4. The van der Waals surface area contributed by atoms with Crippen LogP contribution in [-0.2, 0) is 14.3 Å². The number of nitrogens with one attached hydrogen (secondary N) is 2. The lowest BCUT2D eigenvalue weighted by atomic mass is 9.94. The first kappa shape index (κ1) is 23.0. The third-order valence-corrected chi connectivity index (χ3v) is 6.66. The van der Waals surface area contributed by atoms with E-state index in [1.54, 1.807) is 12.1 Å². The van der Waals surface area contributed by atoms with Crippen molar-refractivity contribution < 1.29 is 19.4 Å². The molecule has 33 heavy (non-hydrogen) atoms. The van der Waals surface area contributed by atoms with E-state index in [1.807, 2.05) is 36.4 Å². The molecule has 1 saturated heterocycles. The molecule has 2 fully saturated rings. The molecular formula is C26H31N3O4. The van der Waals surface area contributed by atoms with Crippen molar-refractivity contribution in [2.24, 2.45) is 11.7 Å². The molecule has 2 aliphatic rings. The number of aliphatic hydroxyl groups excluding tert-OH is 1. The number of benzene rings is 2. The Morgan fingerprint density at radius 2 is 1.67 bits per heavy atom. The minimum atomic E-state index is -0.859. The van der Waals surface area contributed by atoms with E-state index in [4.69, 9.17) is 15.9 Å². The van der Waals surface area contributed by atoms with E-state index in [-0.39, 0.29) is 30.2 Å². The molecule has 4 rings (SSSR count). The Bertz CT molecular complexity index is 997. The molecule has 1 heterocycles. The molecule has 2 aromatic rings. The number of ether oxygens (including phenoxy) is 1. The Hall–Kier alpha value is -3.19. The third kappa shape index (κ3) is 5.60. The molecule has 1 unspecified atom stereocenters. The highest BCUT2D eigenvalue weighted by Gasteiger charge is 2.38. The fourth-order valence-corrected chi connectivity index (χ4v) is 4.72. The molecule has 0 bridgehead atoms. The third-order valence-electron chi connectivity index (χ3n) is 6.66. The molecule has 0 aromatic heterocycles. The fourth-order valence-electron chi connectivity index (χ4n) is 4.72. The van der Waals surface area contributed by atoms with Crippen molar-refractivity contribution in [3.8, 4) is 11.1 Å². The van der Waals surface area contributed by atoms with E-state index in [0.717, 1.165) is 36.8 Å². The van der Waals surface area contributed by atoms with Crippen molar-refractivity contribution >= 4 is 17.7 Å². The Morgan fingerprint density at radius 3 is 2.27 bits per heavy atom. The van der Waals surface area contributed by atoms with Gasteiger partial charge in [-0.15, -0.1) is 0 Å². The van der Waals surface area contributed by atoms with Gasteiger partial charge in [0.2, 0.25) is 5.91 Å². The lowest BCUT2D eigenvalue weighted by Crippen LogP contribution is -2.31. The van der Waals surface area contributed by atoms with E-state index in [0.29, 0.717) is 17.5 Å². The number of carbonyl (C=O) groups is 2. The van der Waals surface area contributed by atoms with Gasteiger partial charge in [0, 0.05) is 5.56 Å². The van der Waals surface area contributed by atoms with Gasteiger partial charge >= 0.3 is 5.97 Å². The van der Waals surface area contributed by atoms with Crippen molar-refractivity contribution in [1.82, 2.24) is 5.32 Å². The zero-order valence-electron chi connectivity index (χ0n) is 18.6. The predicted octanol–water partition coefficient (Wildman–Crippen LogP) is 3.44. The predicted molar refractivity (Wildman–Crippen MR) is 125 cm³/mol. The molecule has 0 spiro atoms. The number of esters is 1. The van der Waals surface area contributed by atoms with Crippen molar-refractivity contribution in [3.63, 3.8) is 0 Å². The number of nitrogen functional groups attached to an aromatic ring is 1. The molecule has 7 heteroatoms. The van der Waals surface area contributed by atoms with Crippen LogP contribution in [-0.4, -0.2) is 35.0 Å². The largest absolute Gasteiger partial charge is 0.462 e. The smallest absolute Gasteiger partial charge is 0.306 e. The van der Waals surface area contributed by atoms with Gasteiger partial charge in [0.25, 0.3) is 0 Å². The van der Waals surface area contributed by atoms with Crippen LogP contribution in [0, 0.1) is 11.3 Å². The van der Waals surface area contributed by atoms with Crippen LogP contribution in [0.1, 0.15) is 62.2 Å². The highest BCUT2D eigenvalue weighted by Crippen LogP contribution is 2.30. The number of nitrogens with two attached hydrogens (primary N) is 1. The molecule has 1 aliphatic carbocycles. The van der Waals surface area contributed by atoms with Crippen LogP contribution in [0.4, 0.5) is 0 Å². The summed E-state index contributed by atoms with van der Waals surface area (Å²) in [5.74, 6) is -0.974. The standard InChI is InChI=1S/C26H31N3O4/c27-25(28)19-12-8-17(9-13-19)16-6-10-18(11-7-16)24(31)22-14-20(26(32)29-22)15-23(30)33-21-4-2-1-3-5-21/h6-13,20-22,24,31H,1-5,14-15H2,(H3,27,28)(H,29,32)/t20-,22-,24?/m0/s1. The second-order valence-electron chi connectivity index (χ2n) is 9.06. The summed E-state index contributed by atoms with van der Waals surface area (Å²) in [5, 5.41) is 21.2. The molecular weight excluding hydrogens is 418 g/mol. The van der Waals surface area contributed by atoms with Gasteiger partial charge < -0.3 is 20.9 Å². The molecule has 5 N–H and O–H groups in total. The molecule has 1 saturated carbocycles. The SMILES string of the molecule is N=C(N)c1ccc(-c2ccc(C(O)[C@@H]3C[C@@H](CC(=O)OC4CCCCC4)C(=O)N3)cc2)cc1. The minimum absolute atomic E-state index is 0.0192. The van der Waals surface area contributed by atoms with Crippen LogP contribution in [0.3, 0.4) is 0 Å². The number of hydrogen-bond donors (Lipinski definition) is 4. The zero-order valence-corrected chi connectivity index (χ0v) is 18.6. The molecule has 7 nitrogen and oxygen atoms in total. The normalized spacial score (nSPS) is 21.9. The topological polar surface area (TPSA) is 126 Å². The number of rotatable bonds is 7. The van der Waals surface area contributed by atoms with E-state index < -0.39 is 18.1 Å². The van der Waals surface area contributed by atoms with Crippen LogP contribution in [0.15, 0.2) is 48.5 Å². The Balaban J connectivity index is 1.34. The number of amides is 1. The summed E-state index contributed by atoms with van der Waals surface area (Å²) >= 11 is 0. The van der Waals surface area contributed by atoms with Crippen LogP contribution in [0.2, 0.25) is 0 Å². The Labute approximate surface area is 193 Å². The van der Waals surface area contributed by atoms with E-state index in [2.05, 4.69) is 5.32 Å². The number of amidine groups is 1. The lowest BCUT2D eigenvalue weighted by molar-refractivity contribution is -0.152. The van der Waals surface area contributed by atoms with Gasteiger partial charge in [-0.25, -0.2) is 0 Å². The van der Waals surface area contributed by atoms with Crippen LogP contribution >= 0.6 is 0 Å². The average molecular weight is 450 g/mol. The summed E-state index contributed by atoms with van der Waals surface area (Å²) in [6.45, 7) is 0. The van der Waals surface area contributed by atoms with Gasteiger partial charge in [-0.05, 0) is 48.8 Å². The molecule has 1 aliphatic heterocycles. The summed E-state index contributed by atoms with van der Waals surface area (Å²) in [7, 11) is 0. The lowest BCUT2D eigenvalue weighted by Gasteiger charge is -2.22.